The Balaban J connectivity index is 2.58. The second-order valence-corrected chi connectivity index (χ2v) is 5.67. The Labute approximate surface area is 103 Å². The smallest absolute Gasteiger partial charge is 0.127 e. The molecule has 2 rings (SSSR count). The van der Waals surface area contributed by atoms with Crippen LogP contribution in [0.5, 0.6) is 0 Å². The molecule has 0 saturated heterocycles. The van der Waals surface area contributed by atoms with Crippen LogP contribution < -0.4 is 5.32 Å². The first-order chi connectivity index (χ1) is 7.87. The van der Waals surface area contributed by atoms with E-state index in [1.807, 2.05) is 0 Å². The van der Waals surface area contributed by atoms with Gasteiger partial charge in [0.05, 0.1) is 5.52 Å². The van der Waals surface area contributed by atoms with Crippen molar-refractivity contribution < 1.29 is 0 Å². The maximum atomic E-state index is 4.71. The number of fused-ring (bicyclic) bond motifs is 1. The molecule has 2 nitrogen and oxygen atoms in total. The number of para-hydroxylation sites is 1. The van der Waals surface area contributed by atoms with E-state index in [9.17, 15) is 0 Å². The van der Waals surface area contributed by atoms with Crippen molar-refractivity contribution in [2.45, 2.75) is 40.2 Å². The van der Waals surface area contributed by atoms with E-state index in [0.29, 0.717) is 0 Å². The van der Waals surface area contributed by atoms with Crippen LogP contribution in [0, 0.1) is 13.8 Å². The highest BCUT2D eigenvalue weighted by molar-refractivity contribution is 5.86. The largest absolute Gasteiger partial charge is 0.365 e. The molecule has 0 atom stereocenters. The number of nitrogens with zero attached hydrogens (tertiary/aromatic N) is 1. The highest BCUT2D eigenvalue weighted by atomic mass is 15.0. The fourth-order valence-electron chi connectivity index (χ4n) is 2.01. The molecule has 90 valence electrons. The van der Waals surface area contributed by atoms with Crippen molar-refractivity contribution in [3.05, 3.63) is 35.4 Å². The second-order valence-electron chi connectivity index (χ2n) is 5.67. The van der Waals surface area contributed by atoms with E-state index in [1.54, 1.807) is 0 Å². The van der Waals surface area contributed by atoms with Gasteiger partial charge in [0.1, 0.15) is 5.82 Å². The van der Waals surface area contributed by atoms with Gasteiger partial charge in [0, 0.05) is 10.9 Å². The Kier molecular flexibility index (Phi) is 2.82. The van der Waals surface area contributed by atoms with Gasteiger partial charge in [-0.2, -0.15) is 0 Å². The van der Waals surface area contributed by atoms with Crippen LogP contribution >= 0.6 is 0 Å². The van der Waals surface area contributed by atoms with E-state index in [-0.39, 0.29) is 5.54 Å². The summed E-state index contributed by atoms with van der Waals surface area (Å²) in [5.74, 6) is 0.955. The highest BCUT2D eigenvalue weighted by Gasteiger charge is 2.11. The van der Waals surface area contributed by atoms with E-state index in [2.05, 4.69) is 64.2 Å². The summed E-state index contributed by atoms with van der Waals surface area (Å²) in [4.78, 5) is 4.71. The quantitative estimate of drug-likeness (QED) is 0.796. The molecule has 0 aliphatic heterocycles. The number of pyridine rings is 1. The van der Waals surface area contributed by atoms with E-state index < -0.39 is 0 Å². The van der Waals surface area contributed by atoms with Gasteiger partial charge in [-0.3, -0.25) is 0 Å². The molecule has 0 amide bonds. The predicted molar refractivity (Wildman–Crippen MR) is 74.6 cm³/mol. The van der Waals surface area contributed by atoms with E-state index in [0.717, 1.165) is 11.3 Å². The summed E-state index contributed by atoms with van der Waals surface area (Å²) in [6, 6.07) is 8.44. The van der Waals surface area contributed by atoms with Crippen molar-refractivity contribution in [2.24, 2.45) is 0 Å². The van der Waals surface area contributed by atoms with Gasteiger partial charge in [-0.15, -0.1) is 0 Å². The Morgan fingerprint density at radius 2 is 1.76 bits per heavy atom. The van der Waals surface area contributed by atoms with Crippen LogP contribution in [0.1, 0.15) is 31.9 Å². The zero-order valence-corrected chi connectivity index (χ0v) is 11.3. The summed E-state index contributed by atoms with van der Waals surface area (Å²) >= 11 is 0. The van der Waals surface area contributed by atoms with Crippen molar-refractivity contribution in [3.63, 3.8) is 0 Å². The minimum atomic E-state index is 0.0375. The zero-order valence-electron chi connectivity index (χ0n) is 11.3. The summed E-state index contributed by atoms with van der Waals surface area (Å²) in [5, 5.41) is 4.67. The van der Waals surface area contributed by atoms with Gasteiger partial charge in [0.15, 0.2) is 0 Å². The van der Waals surface area contributed by atoms with Crippen LogP contribution in [-0.2, 0) is 0 Å². The van der Waals surface area contributed by atoms with Crippen molar-refractivity contribution in [2.75, 3.05) is 5.32 Å². The molecule has 0 spiro atoms. The van der Waals surface area contributed by atoms with Crippen LogP contribution in [0.3, 0.4) is 0 Å². The lowest BCUT2D eigenvalue weighted by Crippen LogP contribution is -2.26. The Bertz CT molecular complexity index is 551. The van der Waals surface area contributed by atoms with Gasteiger partial charge in [-0.1, -0.05) is 18.2 Å². The number of hydrogen-bond acceptors (Lipinski definition) is 2. The first-order valence-corrected chi connectivity index (χ1v) is 6.02. The number of aryl methyl sites for hydroxylation is 2. The molecular weight excluding hydrogens is 208 g/mol. The number of aromatic nitrogens is 1. The van der Waals surface area contributed by atoms with Gasteiger partial charge >= 0.3 is 0 Å². The molecule has 1 aromatic heterocycles. The maximum Gasteiger partial charge on any atom is 0.127 e. The molecule has 0 aliphatic carbocycles. The summed E-state index contributed by atoms with van der Waals surface area (Å²) < 4.78 is 0. The summed E-state index contributed by atoms with van der Waals surface area (Å²) in [7, 11) is 0. The molecule has 0 fully saturated rings. The maximum absolute atomic E-state index is 4.71. The summed E-state index contributed by atoms with van der Waals surface area (Å²) in [5.41, 5.74) is 3.63. The molecule has 1 N–H and O–H groups in total. The molecule has 2 aromatic rings. The molecule has 2 heteroatoms. The monoisotopic (exact) mass is 228 g/mol. The Morgan fingerprint density at radius 3 is 2.41 bits per heavy atom. The number of rotatable bonds is 1. The normalized spacial score (nSPS) is 11.8. The van der Waals surface area contributed by atoms with E-state index in [1.165, 1.54) is 16.5 Å². The van der Waals surface area contributed by atoms with Crippen LogP contribution in [0.2, 0.25) is 0 Å². The molecule has 0 radical (unpaired) electrons. The third-order valence-corrected chi connectivity index (χ3v) is 2.75. The Morgan fingerprint density at radius 1 is 1.06 bits per heavy atom. The second kappa shape index (κ2) is 4.02. The average Bonchev–Trinajstić information content (AvgIpc) is 2.17. The van der Waals surface area contributed by atoms with Crippen molar-refractivity contribution >= 4 is 16.7 Å². The molecule has 1 heterocycles. The molecule has 17 heavy (non-hydrogen) atoms. The van der Waals surface area contributed by atoms with Crippen LogP contribution in [0.15, 0.2) is 24.3 Å². The molecule has 0 bridgehead atoms. The lowest BCUT2D eigenvalue weighted by atomic mass is 10.1. The molecular formula is C15H20N2. The first kappa shape index (κ1) is 11.9. The Hall–Kier alpha value is -1.57. The van der Waals surface area contributed by atoms with Gasteiger partial charge in [0.2, 0.25) is 0 Å². The van der Waals surface area contributed by atoms with Crippen LogP contribution in [0.4, 0.5) is 5.82 Å². The van der Waals surface area contributed by atoms with Gasteiger partial charge in [0.25, 0.3) is 0 Å². The zero-order chi connectivity index (χ0) is 12.6. The van der Waals surface area contributed by atoms with E-state index >= 15 is 0 Å². The average molecular weight is 228 g/mol. The van der Waals surface area contributed by atoms with Crippen molar-refractivity contribution in [1.82, 2.24) is 4.98 Å². The van der Waals surface area contributed by atoms with Crippen LogP contribution in [-0.4, -0.2) is 10.5 Å². The predicted octanol–water partition coefficient (Wildman–Crippen LogP) is 4.06. The molecule has 1 aromatic carbocycles. The SMILES string of the molecule is Cc1cc(NC(C)(C)C)nc2c(C)cccc12. The van der Waals surface area contributed by atoms with Gasteiger partial charge in [-0.25, -0.2) is 4.98 Å². The number of nitrogens with one attached hydrogen (secondary N) is 1. The topological polar surface area (TPSA) is 24.9 Å². The number of anilines is 1. The van der Waals surface area contributed by atoms with E-state index in [4.69, 9.17) is 4.98 Å². The lowest BCUT2D eigenvalue weighted by molar-refractivity contribution is 0.631. The third kappa shape index (κ3) is 2.57. The van der Waals surface area contributed by atoms with Crippen molar-refractivity contribution in [3.8, 4) is 0 Å². The van der Waals surface area contributed by atoms with Gasteiger partial charge < -0.3 is 5.32 Å². The lowest BCUT2D eigenvalue weighted by Gasteiger charge is -2.22. The standard InChI is InChI=1S/C15H20N2/c1-10-7-6-8-12-11(2)9-13(16-14(10)12)17-15(3,4)5/h6-9H,1-5H3,(H,16,17). The third-order valence-electron chi connectivity index (χ3n) is 2.75. The summed E-state index contributed by atoms with van der Waals surface area (Å²) in [6.07, 6.45) is 0. The summed E-state index contributed by atoms with van der Waals surface area (Å²) in [6.45, 7) is 10.7. The van der Waals surface area contributed by atoms with Gasteiger partial charge in [-0.05, 0) is 51.8 Å². The fraction of sp³-hybridized carbons (Fsp3) is 0.400. The number of benzene rings is 1. The minimum absolute atomic E-state index is 0.0375. The molecule has 0 unspecified atom stereocenters. The minimum Gasteiger partial charge on any atom is -0.365 e. The van der Waals surface area contributed by atoms with Crippen LogP contribution in [0.25, 0.3) is 10.9 Å². The van der Waals surface area contributed by atoms with Crippen molar-refractivity contribution in [1.29, 1.82) is 0 Å². The highest BCUT2D eigenvalue weighted by Crippen LogP contribution is 2.24. The first-order valence-electron chi connectivity index (χ1n) is 6.02. The molecule has 0 saturated carbocycles. The molecule has 0 aliphatic rings. The fourth-order valence-corrected chi connectivity index (χ4v) is 2.01. The number of hydrogen-bond donors (Lipinski definition) is 1.